The van der Waals surface area contributed by atoms with Gasteiger partial charge in [0.2, 0.25) is 0 Å². The number of thioether (sulfide) groups is 1. The van der Waals surface area contributed by atoms with E-state index in [2.05, 4.69) is 5.32 Å². The molecular weight excluding hydrogens is 400 g/mol. The topological polar surface area (TPSA) is 86.7 Å². The minimum absolute atomic E-state index is 0.162. The number of carbonyl (C=O) groups is 3. The van der Waals surface area contributed by atoms with Crippen LogP contribution in [0.15, 0.2) is 59.5 Å². The Hall–Kier alpha value is -2.90. The predicted molar refractivity (Wildman–Crippen MR) is 118 cm³/mol. The molecule has 0 bridgehead atoms. The molecule has 1 aliphatic heterocycles. The first-order valence-corrected chi connectivity index (χ1v) is 10.5. The fourth-order valence-corrected chi connectivity index (χ4v) is 4.10. The molecule has 1 heterocycles. The summed E-state index contributed by atoms with van der Waals surface area (Å²) in [5.41, 5.74) is 2.21. The van der Waals surface area contributed by atoms with Crippen LogP contribution in [-0.4, -0.2) is 45.8 Å². The number of hydrogen-bond acceptors (Lipinski definition) is 5. The van der Waals surface area contributed by atoms with Crippen LogP contribution in [0, 0.1) is 0 Å². The second-order valence-corrected chi connectivity index (χ2v) is 8.30. The van der Waals surface area contributed by atoms with Crippen LogP contribution in [0.5, 0.6) is 0 Å². The van der Waals surface area contributed by atoms with Crippen molar-refractivity contribution in [2.45, 2.75) is 32.4 Å². The van der Waals surface area contributed by atoms with E-state index >= 15 is 0 Å². The monoisotopic (exact) mass is 424 g/mol. The first-order chi connectivity index (χ1) is 14.4. The summed E-state index contributed by atoms with van der Waals surface area (Å²) in [6, 6.07) is 15.8. The molecule has 0 radical (unpaired) electrons. The fraction of sp³-hybridized carbons (Fsp3) is 0.261. The van der Waals surface area contributed by atoms with Gasteiger partial charge in [0.05, 0.1) is 17.6 Å². The first-order valence-electron chi connectivity index (χ1n) is 9.72. The lowest BCUT2D eigenvalue weighted by molar-refractivity contribution is -0.123. The van der Waals surface area contributed by atoms with Crippen LogP contribution in [0.3, 0.4) is 0 Å². The van der Waals surface area contributed by atoms with E-state index in [0.717, 1.165) is 22.9 Å². The van der Waals surface area contributed by atoms with Gasteiger partial charge in [0.1, 0.15) is 0 Å². The minimum atomic E-state index is -0.387. The molecule has 1 saturated heterocycles. The molecule has 0 saturated carbocycles. The Balaban J connectivity index is 1.66. The Bertz CT molecular complexity index is 955. The Kier molecular flexibility index (Phi) is 7.07. The van der Waals surface area contributed by atoms with E-state index in [1.165, 1.54) is 4.90 Å². The van der Waals surface area contributed by atoms with Crippen molar-refractivity contribution in [2.24, 2.45) is 0 Å². The molecule has 156 valence electrons. The molecule has 3 rings (SSSR count). The van der Waals surface area contributed by atoms with Gasteiger partial charge in [-0.3, -0.25) is 19.3 Å². The first kappa shape index (κ1) is 21.8. The lowest BCUT2D eigenvalue weighted by Gasteiger charge is -2.16. The molecule has 1 aliphatic rings. The molecule has 1 unspecified atom stereocenters. The normalized spacial score (nSPS) is 16.4. The molecule has 3 amide bonds. The van der Waals surface area contributed by atoms with E-state index in [1.807, 2.05) is 30.3 Å². The summed E-state index contributed by atoms with van der Waals surface area (Å²) in [6.07, 6.45) is 2.19. The molecule has 7 heteroatoms. The number of amides is 3. The summed E-state index contributed by atoms with van der Waals surface area (Å²) in [6.45, 7) is 3.43. The number of carbonyl (C=O) groups excluding carboxylic acids is 3. The molecule has 2 aromatic carbocycles. The van der Waals surface area contributed by atoms with Crippen LogP contribution < -0.4 is 5.32 Å². The molecule has 0 spiro atoms. The predicted octanol–water partition coefficient (Wildman–Crippen LogP) is 3.46. The zero-order chi connectivity index (χ0) is 21.7. The van der Waals surface area contributed by atoms with E-state index in [0.29, 0.717) is 16.9 Å². The van der Waals surface area contributed by atoms with Crippen molar-refractivity contribution in [3.63, 3.8) is 0 Å². The highest BCUT2D eigenvalue weighted by molar-refractivity contribution is 8.18. The molecule has 6 nitrogen and oxygen atoms in total. The highest BCUT2D eigenvalue weighted by Crippen LogP contribution is 2.33. The van der Waals surface area contributed by atoms with Crippen LogP contribution in [-0.2, 0) is 11.2 Å². The Labute approximate surface area is 180 Å². The van der Waals surface area contributed by atoms with Crippen molar-refractivity contribution in [1.82, 2.24) is 10.2 Å². The van der Waals surface area contributed by atoms with Crippen LogP contribution in [0.4, 0.5) is 4.79 Å². The molecule has 0 aliphatic carbocycles. The van der Waals surface area contributed by atoms with Crippen molar-refractivity contribution >= 4 is 34.9 Å². The van der Waals surface area contributed by atoms with Crippen molar-refractivity contribution in [1.29, 1.82) is 0 Å². The van der Waals surface area contributed by atoms with Crippen LogP contribution in [0.25, 0.3) is 6.08 Å². The van der Waals surface area contributed by atoms with Crippen LogP contribution in [0.2, 0.25) is 0 Å². The zero-order valence-electron chi connectivity index (χ0n) is 16.9. The number of hydrogen-bond donors (Lipinski definition) is 2. The Morgan fingerprint density at radius 2 is 1.77 bits per heavy atom. The van der Waals surface area contributed by atoms with Crippen molar-refractivity contribution in [3.8, 4) is 0 Å². The van der Waals surface area contributed by atoms with Gasteiger partial charge in [0, 0.05) is 11.6 Å². The second-order valence-electron chi connectivity index (χ2n) is 7.31. The summed E-state index contributed by atoms with van der Waals surface area (Å²) in [5, 5.41) is 12.2. The average molecular weight is 425 g/mol. The molecule has 30 heavy (non-hydrogen) atoms. The third kappa shape index (κ3) is 5.17. The number of aliphatic hydroxyl groups excluding tert-OH is 1. The molecule has 2 N–H and O–H groups in total. The standard InChI is InChI=1S/C23H24N2O4S/c1-15(2)25-22(28)20(30-23(25)29)13-17-8-10-18(11-9-17)21(27)24-19(14-26)12-16-6-4-3-5-7-16/h3-11,13,15,19,26H,12,14H2,1-2H3,(H,24,27). The number of nitrogens with zero attached hydrogens (tertiary/aromatic N) is 1. The second kappa shape index (κ2) is 9.73. The summed E-state index contributed by atoms with van der Waals surface area (Å²) >= 11 is 0.919. The summed E-state index contributed by atoms with van der Waals surface area (Å²) in [7, 11) is 0. The van der Waals surface area contributed by atoms with E-state index in [1.54, 1.807) is 44.2 Å². The van der Waals surface area contributed by atoms with E-state index < -0.39 is 0 Å². The van der Waals surface area contributed by atoms with Crippen LogP contribution >= 0.6 is 11.8 Å². The maximum absolute atomic E-state index is 12.5. The quantitative estimate of drug-likeness (QED) is 0.665. The van der Waals surface area contributed by atoms with E-state index in [-0.39, 0.29) is 35.7 Å². The molecule has 1 atom stereocenters. The van der Waals surface area contributed by atoms with Gasteiger partial charge in [-0.05, 0) is 61.4 Å². The summed E-state index contributed by atoms with van der Waals surface area (Å²) in [5.74, 6) is -0.579. The Morgan fingerprint density at radius 3 is 2.33 bits per heavy atom. The fourth-order valence-electron chi connectivity index (χ4n) is 3.14. The number of aliphatic hydroxyl groups is 1. The third-order valence-electron chi connectivity index (χ3n) is 4.69. The third-order valence-corrected chi connectivity index (χ3v) is 5.57. The SMILES string of the molecule is CC(C)N1C(=O)SC(=Cc2ccc(C(=O)NC(CO)Cc3ccccc3)cc2)C1=O. The largest absolute Gasteiger partial charge is 0.394 e. The highest BCUT2D eigenvalue weighted by atomic mass is 32.2. The van der Waals surface area contributed by atoms with Crippen molar-refractivity contribution < 1.29 is 19.5 Å². The van der Waals surface area contributed by atoms with Gasteiger partial charge in [-0.2, -0.15) is 0 Å². The summed E-state index contributed by atoms with van der Waals surface area (Å²) < 4.78 is 0. The number of rotatable bonds is 7. The lowest BCUT2D eigenvalue weighted by atomic mass is 10.1. The molecular formula is C23H24N2O4S. The number of benzene rings is 2. The van der Waals surface area contributed by atoms with Crippen molar-refractivity contribution in [3.05, 3.63) is 76.2 Å². The maximum Gasteiger partial charge on any atom is 0.293 e. The van der Waals surface area contributed by atoms with E-state index in [9.17, 15) is 19.5 Å². The average Bonchev–Trinajstić information content (AvgIpc) is 3.01. The smallest absolute Gasteiger partial charge is 0.293 e. The van der Waals surface area contributed by atoms with Gasteiger partial charge in [0.25, 0.3) is 17.1 Å². The van der Waals surface area contributed by atoms with E-state index in [4.69, 9.17) is 0 Å². The zero-order valence-corrected chi connectivity index (χ0v) is 17.7. The van der Waals surface area contributed by atoms with Gasteiger partial charge < -0.3 is 10.4 Å². The molecule has 2 aromatic rings. The van der Waals surface area contributed by atoms with Crippen molar-refractivity contribution in [2.75, 3.05) is 6.61 Å². The van der Waals surface area contributed by atoms with Gasteiger partial charge in [-0.1, -0.05) is 42.5 Å². The van der Waals surface area contributed by atoms with Gasteiger partial charge in [-0.15, -0.1) is 0 Å². The number of nitrogens with one attached hydrogen (secondary N) is 1. The summed E-state index contributed by atoms with van der Waals surface area (Å²) in [4.78, 5) is 38.5. The van der Waals surface area contributed by atoms with Crippen LogP contribution in [0.1, 0.15) is 35.3 Å². The number of imide groups is 1. The minimum Gasteiger partial charge on any atom is -0.394 e. The molecule has 1 fully saturated rings. The van der Waals surface area contributed by atoms with Gasteiger partial charge in [-0.25, -0.2) is 0 Å². The van der Waals surface area contributed by atoms with Gasteiger partial charge in [0.15, 0.2) is 0 Å². The van der Waals surface area contributed by atoms with Gasteiger partial charge >= 0.3 is 0 Å². The lowest BCUT2D eigenvalue weighted by Crippen LogP contribution is -2.39. The Morgan fingerprint density at radius 1 is 1.10 bits per heavy atom. The highest BCUT2D eigenvalue weighted by Gasteiger charge is 2.36. The maximum atomic E-state index is 12.5. The molecule has 0 aromatic heterocycles.